The zero-order valence-electron chi connectivity index (χ0n) is 20.2. The second-order valence-corrected chi connectivity index (χ2v) is 9.63. The second kappa shape index (κ2) is 10.9. The Morgan fingerprint density at radius 3 is 2.91 bits per heavy atom. The maximum Gasteiger partial charge on any atom is 0.273 e. The number of rotatable bonds is 8. The molecule has 11 heteroatoms. The number of aromatic nitrogens is 3. The molecule has 1 aliphatic heterocycles. The lowest BCUT2D eigenvalue weighted by Gasteiger charge is -2.31. The van der Waals surface area contributed by atoms with Gasteiger partial charge in [0.2, 0.25) is 11.8 Å². The Balaban J connectivity index is 1.49. The monoisotopic (exact) mass is 498 g/mol. The topological polar surface area (TPSA) is 118 Å². The molecule has 0 bridgehead atoms. The predicted molar refractivity (Wildman–Crippen MR) is 136 cm³/mol. The van der Waals surface area contributed by atoms with Gasteiger partial charge in [-0.2, -0.15) is 4.98 Å². The minimum atomic E-state index is -0.362. The van der Waals surface area contributed by atoms with E-state index in [1.165, 1.54) is 29.3 Å². The lowest BCUT2D eigenvalue weighted by molar-refractivity contribution is -0.125. The molecule has 186 valence electrons. The summed E-state index contributed by atoms with van der Waals surface area (Å²) >= 11 is 1.25. The third-order valence-electron chi connectivity index (χ3n) is 5.93. The number of carbonyl (C=O) groups is 2. The molecule has 3 aromatic rings. The van der Waals surface area contributed by atoms with Crippen LogP contribution >= 0.6 is 11.3 Å². The van der Waals surface area contributed by atoms with Gasteiger partial charge in [-0.05, 0) is 43.9 Å². The van der Waals surface area contributed by atoms with E-state index in [0.29, 0.717) is 40.0 Å². The van der Waals surface area contributed by atoms with Gasteiger partial charge in [0.15, 0.2) is 10.8 Å². The molecule has 2 N–H and O–H groups in total. The summed E-state index contributed by atoms with van der Waals surface area (Å²) < 4.78 is 6.97. The van der Waals surface area contributed by atoms with E-state index in [4.69, 9.17) is 4.74 Å². The third kappa shape index (κ3) is 5.61. The number of ether oxygens (including phenoxy) is 1. The van der Waals surface area contributed by atoms with Gasteiger partial charge in [0.1, 0.15) is 23.3 Å². The fraction of sp³-hybridized carbons (Fsp3) is 0.458. The van der Waals surface area contributed by atoms with Crippen molar-refractivity contribution in [3.63, 3.8) is 0 Å². The van der Waals surface area contributed by atoms with Crippen LogP contribution < -0.4 is 25.8 Å². The molecular formula is C24H30N6O4S. The highest BCUT2D eigenvalue weighted by molar-refractivity contribution is 7.22. The number of methoxy groups -OCH3 is 1. The van der Waals surface area contributed by atoms with Gasteiger partial charge in [0.25, 0.3) is 5.56 Å². The molecule has 1 aliphatic rings. The fourth-order valence-corrected chi connectivity index (χ4v) is 5.11. The van der Waals surface area contributed by atoms with Crippen LogP contribution in [0.1, 0.15) is 31.7 Å². The molecule has 1 atom stereocenters. The number of piperidine rings is 1. The van der Waals surface area contributed by atoms with E-state index >= 15 is 0 Å². The van der Waals surface area contributed by atoms with Crippen LogP contribution in [0.15, 0.2) is 29.3 Å². The molecule has 2 aromatic heterocycles. The molecule has 0 spiro atoms. The molecule has 0 radical (unpaired) electrons. The molecule has 35 heavy (non-hydrogen) atoms. The highest BCUT2D eigenvalue weighted by Crippen LogP contribution is 2.29. The first-order valence-corrected chi connectivity index (χ1v) is 12.5. The Morgan fingerprint density at radius 2 is 2.14 bits per heavy atom. The van der Waals surface area contributed by atoms with Crippen LogP contribution in [0, 0.1) is 12.8 Å². The number of hydrogen-bond acceptors (Lipinski definition) is 8. The van der Waals surface area contributed by atoms with Crippen molar-refractivity contribution in [3.05, 3.63) is 40.4 Å². The normalized spacial score (nSPS) is 15.7. The molecule has 10 nitrogen and oxygen atoms in total. The van der Waals surface area contributed by atoms with Crippen LogP contribution in [0.3, 0.4) is 0 Å². The molecule has 3 heterocycles. The van der Waals surface area contributed by atoms with E-state index in [9.17, 15) is 14.4 Å². The number of benzene rings is 1. The quantitative estimate of drug-likeness (QED) is 0.490. The Hall–Kier alpha value is -3.47. The van der Waals surface area contributed by atoms with E-state index in [1.54, 1.807) is 6.07 Å². The number of thiazole rings is 1. The SMILES string of the molecule is CCCNC(=O)C1CCCN(c2nc3ncn(CC(=O)Nc4cc(C)ccc4OC)c(=O)c3s2)C1. The largest absolute Gasteiger partial charge is 0.495 e. The van der Waals surface area contributed by atoms with Crippen LogP contribution in [0.2, 0.25) is 0 Å². The summed E-state index contributed by atoms with van der Waals surface area (Å²) in [4.78, 5) is 49.1. The van der Waals surface area contributed by atoms with Crippen molar-refractivity contribution < 1.29 is 14.3 Å². The minimum Gasteiger partial charge on any atom is -0.495 e. The number of nitrogens with zero attached hydrogens (tertiary/aromatic N) is 4. The summed E-state index contributed by atoms with van der Waals surface area (Å²) in [6.07, 6.45) is 3.95. The fourth-order valence-electron chi connectivity index (χ4n) is 4.10. The maximum atomic E-state index is 13.1. The van der Waals surface area contributed by atoms with Crippen molar-refractivity contribution in [3.8, 4) is 5.75 Å². The Labute approximate surface area is 207 Å². The average Bonchev–Trinajstić information content (AvgIpc) is 3.30. The van der Waals surface area contributed by atoms with Gasteiger partial charge in [0.05, 0.1) is 18.7 Å². The van der Waals surface area contributed by atoms with Crippen LogP contribution in [0.5, 0.6) is 5.75 Å². The first kappa shape index (κ1) is 24.6. The van der Waals surface area contributed by atoms with Crippen LogP contribution in [0.25, 0.3) is 10.3 Å². The van der Waals surface area contributed by atoms with Crippen molar-refractivity contribution in [2.75, 3.05) is 37.0 Å². The molecule has 1 fully saturated rings. The number of amides is 2. The van der Waals surface area contributed by atoms with Gasteiger partial charge in [-0.15, -0.1) is 0 Å². The van der Waals surface area contributed by atoms with Crippen LogP contribution in [-0.4, -0.2) is 53.1 Å². The average molecular weight is 499 g/mol. The predicted octanol–water partition coefficient (Wildman–Crippen LogP) is 2.55. The maximum absolute atomic E-state index is 13.1. The van der Waals surface area contributed by atoms with Crippen molar-refractivity contribution in [2.45, 2.75) is 39.7 Å². The molecule has 1 saturated heterocycles. The molecule has 2 amide bonds. The van der Waals surface area contributed by atoms with E-state index in [1.807, 2.05) is 30.9 Å². The van der Waals surface area contributed by atoms with Crippen LogP contribution in [0.4, 0.5) is 10.8 Å². The van der Waals surface area contributed by atoms with Gasteiger partial charge >= 0.3 is 0 Å². The Morgan fingerprint density at radius 1 is 1.31 bits per heavy atom. The minimum absolute atomic E-state index is 0.0643. The highest BCUT2D eigenvalue weighted by Gasteiger charge is 2.28. The number of anilines is 2. The number of hydrogen-bond donors (Lipinski definition) is 2. The summed E-state index contributed by atoms with van der Waals surface area (Å²) in [5.41, 5.74) is 1.55. The molecular weight excluding hydrogens is 468 g/mol. The van der Waals surface area contributed by atoms with Gasteiger partial charge in [0, 0.05) is 19.6 Å². The first-order valence-electron chi connectivity index (χ1n) is 11.7. The summed E-state index contributed by atoms with van der Waals surface area (Å²) in [6.45, 7) is 5.76. The Kier molecular flexibility index (Phi) is 7.64. The van der Waals surface area contributed by atoms with E-state index in [0.717, 1.165) is 31.4 Å². The molecule has 0 aliphatic carbocycles. The zero-order chi connectivity index (χ0) is 24.9. The molecule has 4 rings (SSSR count). The van der Waals surface area contributed by atoms with Crippen molar-refractivity contribution in [1.29, 1.82) is 0 Å². The molecule has 1 unspecified atom stereocenters. The number of fused-ring (bicyclic) bond motifs is 1. The van der Waals surface area contributed by atoms with Gasteiger partial charge in [-0.3, -0.25) is 19.0 Å². The summed E-state index contributed by atoms with van der Waals surface area (Å²) in [5.74, 6) is 0.141. The van der Waals surface area contributed by atoms with Crippen molar-refractivity contribution >= 4 is 44.3 Å². The lowest BCUT2D eigenvalue weighted by Crippen LogP contribution is -2.43. The van der Waals surface area contributed by atoms with Crippen molar-refractivity contribution in [2.24, 2.45) is 5.92 Å². The Bertz CT molecular complexity index is 1290. The summed E-state index contributed by atoms with van der Waals surface area (Å²) in [6, 6.07) is 5.48. The number of aryl methyl sites for hydroxylation is 1. The zero-order valence-corrected chi connectivity index (χ0v) is 21.0. The summed E-state index contributed by atoms with van der Waals surface area (Å²) in [5, 5.41) is 6.44. The van der Waals surface area contributed by atoms with Gasteiger partial charge < -0.3 is 20.3 Å². The van der Waals surface area contributed by atoms with E-state index in [2.05, 4.69) is 20.6 Å². The summed E-state index contributed by atoms with van der Waals surface area (Å²) in [7, 11) is 1.53. The third-order valence-corrected chi connectivity index (χ3v) is 7.02. The highest BCUT2D eigenvalue weighted by atomic mass is 32.1. The van der Waals surface area contributed by atoms with E-state index in [-0.39, 0.29) is 29.8 Å². The van der Waals surface area contributed by atoms with E-state index < -0.39 is 0 Å². The van der Waals surface area contributed by atoms with Gasteiger partial charge in [-0.25, -0.2) is 4.98 Å². The molecule has 0 saturated carbocycles. The van der Waals surface area contributed by atoms with Crippen LogP contribution in [-0.2, 0) is 16.1 Å². The van der Waals surface area contributed by atoms with Gasteiger partial charge in [-0.1, -0.05) is 24.3 Å². The number of carbonyl (C=O) groups excluding carboxylic acids is 2. The smallest absolute Gasteiger partial charge is 0.273 e. The second-order valence-electron chi connectivity index (χ2n) is 8.65. The first-order chi connectivity index (χ1) is 16.9. The van der Waals surface area contributed by atoms with Crippen molar-refractivity contribution in [1.82, 2.24) is 19.9 Å². The standard InChI is InChI=1S/C24H30N6O4S/c1-4-9-25-22(32)16-6-5-10-29(12-16)24-28-21-20(35-24)23(33)30(14-26-21)13-19(31)27-17-11-15(2)7-8-18(17)34-3/h7-8,11,14,16H,4-6,9-10,12-13H2,1-3H3,(H,25,32)(H,27,31). The lowest BCUT2D eigenvalue weighted by atomic mass is 9.97. The number of nitrogens with one attached hydrogen (secondary N) is 2. The molecule has 1 aromatic carbocycles.